The van der Waals surface area contributed by atoms with Gasteiger partial charge in [-0.05, 0) is 50.4 Å². The summed E-state index contributed by atoms with van der Waals surface area (Å²) in [6.45, 7) is 3.84. The first-order valence-electron chi connectivity index (χ1n) is 6.74. The number of rotatable bonds is 9. The molecule has 1 atom stereocenters. The largest absolute Gasteiger partial charge is 0.494 e. The average molecular weight is 269 g/mol. The minimum Gasteiger partial charge on any atom is -0.494 e. The lowest BCUT2D eigenvalue weighted by Crippen LogP contribution is -2.20. The third kappa shape index (κ3) is 5.57. The molecular formula is C15H24FNO2. The Morgan fingerprint density at radius 3 is 2.68 bits per heavy atom. The molecule has 1 rings (SSSR count). The highest BCUT2D eigenvalue weighted by molar-refractivity contribution is 5.31. The molecular weight excluding hydrogens is 245 g/mol. The number of hydrogen-bond acceptors (Lipinski definition) is 3. The summed E-state index contributed by atoms with van der Waals surface area (Å²) in [7, 11) is 3.21. The second kappa shape index (κ2) is 8.88. The fourth-order valence-electron chi connectivity index (χ4n) is 1.93. The summed E-state index contributed by atoms with van der Waals surface area (Å²) in [4.78, 5) is 0. The highest BCUT2D eigenvalue weighted by atomic mass is 19.1. The van der Waals surface area contributed by atoms with E-state index in [9.17, 15) is 4.39 Å². The predicted octanol–water partition coefficient (Wildman–Crippen LogP) is 3.30. The van der Waals surface area contributed by atoms with Crippen molar-refractivity contribution in [3.05, 3.63) is 29.6 Å². The second-order valence-electron chi connectivity index (χ2n) is 4.62. The molecule has 0 aliphatic carbocycles. The molecule has 3 nitrogen and oxygen atoms in total. The molecule has 1 aromatic rings. The molecule has 4 heteroatoms. The standard InChI is InChI=1S/C15H24FNO2/c1-12(17-9-5-4-6-10-18-2)13-7-8-14(16)15(11-13)19-3/h7-8,11-12,17H,4-6,9-10H2,1-3H3. The first-order valence-corrected chi connectivity index (χ1v) is 6.74. The van der Waals surface area contributed by atoms with E-state index < -0.39 is 0 Å². The lowest BCUT2D eigenvalue weighted by atomic mass is 10.1. The Bertz CT molecular complexity index is 371. The Hall–Kier alpha value is -1.13. The van der Waals surface area contributed by atoms with Gasteiger partial charge in [0.15, 0.2) is 11.6 Å². The third-order valence-electron chi connectivity index (χ3n) is 3.15. The number of benzene rings is 1. The summed E-state index contributed by atoms with van der Waals surface area (Å²) in [6, 6.07) is 5.18. The van der Waals surface area contributed by atoms with Crippen LogP contribution in [0.5, 0.6) is 5.75 Å². The number of unbranched alkanes of at least 4 members (excludes halogenated alkanes) is 2. The highest BCUT2D eigenvalue weighted by Gasteiger charge is 2.08. The van der Waals surface area contributed by atoms with Crippen LogP contribution < -0.4 is 10.1 Å². The summed E-state index contributed by atoms with van der Waals surface area (Å²) in [6.07, 6.45) is 3.36. The molecule has 0 heterocycles. The Balaban J connectivity index is 2.34. The Morgan fingerprint density at radius 2 is 2.00 bits per heavy atom. The van der Waals surface area contributed by atoms with Crippen LogP contribution in [0.1, 0.15) is 37.8 Å². The summed E-state index contributed by atoms with van der Waals surface area (Å²) >= 11 is 0. The van der Waals surface area contributed by atoms with Crippen molar-refractivity contribution in [2.45, 2.75) is 32.2 Å². The van der Waals surface area contributed by atoms with Gasteiger partial charge in [-0.25, -0.2) is 4.39 Å². The van der Waals surface area contributed by atoms with Gasteiger partial charge in [0.1, 0.15) is 0 Å². The molecule has 108 valence electrons. The molecule has 0 aliphatic heterocycles. The number of nitrogens with one attached hydrogen (secondary N) is 1. The molecule has 0 amide bonds. The number of halogens is 1. The zero-order chi connectivity index (χ0) is 14.1. The molecule has 0 aromatic heterocycles. The molecule has 0 aliphatic rings. The van der Waals surface area contributed by atoms with Crippen molar-refractivity contribution in [1.82, 2.24) is 5.32 Å². The zero-order valence-corrected chi connectivity index (χ0v) is 12.0. The van der Waals surface area contributed by atoms with Gasteiger partial charge in [0.05, 0.1) is 7.11 Å². The summed E-state index contributed by atoms with van der Waals surface area (Å²) in [5.74, 6) is -0.0238. The molecule has 1 aromatic carbocycles. The van der Waals surface area contributed by atoms with Crippen LogP contribution in [0.2, 0.25) is 0 Å². The van der Waals surface area contributed by atoms with Crippen LogP contribution in [0.4, 0.5) is 4.39 Å². The maximum Gasteiger partial charge on any atom is 0.165 e. The van der Waals surface area contributed by atoms with Crippen LogP contribution in [0.25, 0.3) is 0 Å². The number of methoxy groups -OCH3 is 2. The summed E-state index contributed by atoms with van der Waals surface area (Å²) in [5.41, 5.74) is 1.04. The van der Waals surface area contributed by atoms with Crippen LogP contribution in [0.3, 0.4) is 0 Å². The fraction of sp³-hybridized carbons (Fsp3) is 0.600. The van der Waals surface area contributed by atoms with Gasteiger partial charge in [0, 0.05) is 19.8 Å². The third-order valence-corrected chi connectivity index (χ3v) is 3.15. The molecule has 0 saturated carbocycles. The molecule has 0 bridgehead atoms. The Kier molecular flexibility index (Phi) is 7.45. The quantitative estimate of drug-likeness (QED) is 0.698. The van der Waals surface area contributed by atoms with Crippen LogP contribution in [0, 0.1) is 5.82 Å². The average Bonchev–Trinajstić information content (AvgIpc) is 2.43. The monoisotopic (exact) mass is 269 g/mol. The molecule has 0 saturated heterocycles. The van der Waals surface area contributed by atoms with E-state index in [2.05, 4.69) is 12.2 Å². The van der Waals surface area contributed by atoms with Gasteiger partial charge in [0.25, 0.3) is 0 Å². The van der Waals surface area contributed by atoms with Crippen molar-refractivity contribution < 1.29 is 13.9 Å². The predicted molar refractivity (Wildman–Crippen MR) is 75.1 cm³/mol. The van der Waals surface area contributed by atoms with Gasteiger partial charge in [-0.1, -0.05) is 6.07 Å². The van der Waals surface area contributed by atoms with E-state index in [0.717, 1.165) is 38.0 Å². The molecule has 0 spiro atoms. The van der Waals surface area contributed by atoms with Crippen molar-refractivity contribution in [3.8, 4) is 5.75 Å². The first kappa shape index (κ1) is 15.9. The van der Waals surface area contributed by atoms with E-state index in [1.165, 1.54) is 13.2 Å². The van der Waals surface area contributed by atoms with Crippen molar-refractivity contribution in [1.29, 1.82) is 0 Å². The van der Waals surface area contributed by atoms with E-state index in [4.69, 9.17) is 9.47 Å². The molecule has 19 heavy (non-hydrogen) atoms. The van der Waals surface area contributed by atoms with Gasteiger partial charge in [-0.2, -0.15) is 0 Å². The molecule has 1 unspecified atom stereocenters. The lowest BCUT2D eigenvalue weighted by molar-refractivity contribution is 0.192. The van der Waals surface area contributed by atoms with E-state index in [-0.39, 0.29) is 11.9 Å². The van der Waals surface area contributed by atoms with Crippen molar-refractivity contribution in [3.63, 3.8) is 0 Å². The van der Waals surface area contributed by atoms with Crippen molar-refractivity contribution in [2.75, 3.05) is 27.4 Å². The van der Waals surface area contributed by atoms with Gasteiger partial charge in [0.2, 0.25) is 0 Å². The maximum absolute atomic E-state index is 13.3. The summed E-state index contributed by atoms with van der Waals surface area (Å²) < 4.78 is 23.3. The fourth-order valence-corrected chi connectivity index (χ4v) is 1.93. The van der Waals surface area contributed by atoms with Crippen molar-refractivity contribution >= 4 is 0 Å². The molecule has 1 N–H and O–H groups in total. The normalized spacial score (nSPS) is 12.4. The van der Waals surface area contributed by atoms with E-state index in [1.54, 1.807) is 19.2 Å². The highest BCUT2D eigenvalue weighted by Crippen LogP contribution is 2.22. The topological polar surface area (TPSA) is 30.5 Å². The number of ether oxygens (including phenoxy) is 2. The van der Waals surface area contributed by atoms with Gasteiger partial charge >= 0.3 is 0 Å². The maximum atomic E-state index is 13.3. The van der Waals surface area contributed by atoms with Gasteiger partial charge < -0.3 is 14.8 Å². The van der Waals surface area contributed by atoms with E-state index >= 15 is 0 Å². The Morgan fingerprint density at radius 1 is 1.21 bits per heavy atom. The minimum atomic E-state index is -0.321. The van der Waals surface area contributed by atoms with E-state index in [1.807, 2.05) is 0 Å². The molecule has 0 radical (unpaired) electrons. The van der Waals surface area contributed by atoms with Crippen LogP contribution >= 0.6 is 0 Å². The SMILES string of the molecule is COCCCCCNC(C)c1ccc(F)c(OC)c1. The van der Waals surface area contributed by atoms with Crippen LogP contribution in [0.15, 0.2) is 18.2 Å². The van der Waals surface area contributed by atoms with Crippen LogP contribution in [-0.4, -0.2) is 27.4 Å². The number of hydrogen-bond donors (Lipinski definition) is 1. The minimum absolute atomic E-state index is 0.192. The second-order valence-corrected chi connectivity index (χ2v) is 4.62. The van der Waals surface area contributed by atoms with E-state index in [0.29, 0.717) is 5.75 Å². The molecule has 0 fully saturated rings. The smallest absolute Gasteiger partial charge is 0.165 e. The van der Waals surface area contributed by atoms with Gasteiger partial charge in [-0.15, -0.1) is 0 Å². The Labute approximate surface area is 115 Å². The first-order chi connectivity index (χ1) is 9.19. The van der Waals surface area contributed by atoms with Gasteiger partial charge in [-0.3, -0.25) is 0 Å². The summed E-state index contributed by atoms with van der Waals surface area (Å²) in [5, 5.41) is 3.43. The lowest BCUT2D eigenvalue weighted by Gasteiger charge is -2.15. The zero-order valence-electron chi connectivity index (χ0n) is 12.0. The van der Waals surface area contributed by atoms with Crippen LogP contribution in [-0.2, 0) is 4.74 Å². The van der Waals surface area contributed by atoms with Crippen molar-refractivity contribution in [2.24, 2.45) is 0 Å².